The van der Waals surface area contributed by atoms with E-state index in [2.05, 4.69) is 36.8 Å². The predicted octanol–water partition coefficient (Wildman–Crippen LogP) is 2.04. The molecule has 0 amide bonds. The van der Waals surface area contributed by atoms with Crippen molar-refractivity contribution in [1.29, 1.82) is 0 Å². The Bertz CT molecular complexity index is 393. The number of nitrogens with two attached hydrogens (primary N) is 1. The van der Waals surface area contributed by atoms with Crippen molar-refractivity contribution in [3.8, 4) is 0 Å². The molecule has 4 heteroatoms. The fourth-order valence-corrected chi connectivity index (χ4v) is 2.51. The van der Waals surface area contributed by atoms with Gasteiger partial charge >= 0.3 is 5.97 Å². The van der Waals surface area contributed by atoms with E-state index in [0.717, 1.165) is 5.75 Å². The Morgan fingerprint density at radius 1 is 1.47 bits per heavy atom. The average Bonchev–Trinajstić information content (AvgIpc) is 2.32. The molecule has 0 spiro atoms. The maximum absolute atomic E-state index is 11.1. The van der Waals surface area contributed by atoms with Crippen LogP contribution in [0.4, 0.5) is 0 Å². The molecule has 0 aliphatic carbocycles. The lowest BCUT2D eigenvalue weighted by Crippen LogP contribution is -2.33. The highest BCUT2D eigenvalue weighted by Gasteiger charge is 2.13. The smallest absolute Gasteiger partial charge is 0.323 e. The van der Waals surface area contributed by atoms with Crippen molar-refractivity contribution in [1.82, 2.24) is 0 Å². The van der Waals surface area contributed by atoms with Crippen LogP contribution in [-0.4, -0.2) is 24.9 Å². The van der Waals surface area contributed by atoms with Gasteiger partial charge in [0.1, 0.15) is 6.04 Å². The Morgan fingerprint density at radius 3 is 2.82 bits per heavy atom. The van der Waals surface area contributed by atoms with E-state index in [-0.39, 0.29) is 5.97 Å². The fourth-order valence-electron chi connectivity index (χ4n) is 1.47. The Balaban J connectivity index is 2.45. The number of benzene rings is 1. The van der Waals surface area contributed by atoms with E-state index >= 15 is 0 Å². The maximum Gasteiger partial charge on any atom is 0.323 e. The molecular formula is C13H19NO2S. The number of esters is 1. The summed E-state index contributed by atoms with van der Waals surface area (Å²) in [5, 5.41) is 0. The van der Waals surface area contributed by atoms with Gasteiger partial charge in [-0.1, -0.05) is 23.8 Å². The Morgan fingerprint density at radius 2 is 2.18 bits per heavy atom. The molecule has 0 aromatic heterocycles. The van der Waals surface area contributed by atoms with Gasteiger partial charge in [-0.25, -0.2) is 0 Å². The third kappa shape index (κ3) is 4.40. The number of carbonyl (C=O) groups is 1. The zero-order chi connectivity index (χ0) is 12.8. The molecule has 0 saturated carbocycles. The number of hydrogen-bond acceptors (Lipinski definition) is 4. The third-order valence-corrected chi connectivity index (χ3v) is 3.67. The van der Waals surface area contributed by atoms with Crippen molar-refractivity contribution in [3.63, 3.8) is 0 Å². The molecule has 1 atom stereocenters. The van der Waals surface area contributed by atoms with Gasteiger partial charge in [-0.05, 0) is 25.0 Å². The van der Waals surface area contributed by atoms with Gasteiger partial charge in [-0.15, -0.1) is 0 Å². The molecule has 94 valence electrons. The quantitative estimate of drug-likeness (QED) is 0.816. The van der Waals surface area contributed by atoms with E-state index < -0.39 is 6.04 Å². The van der Waals surface area contributed by atoms with Crippen LogP contribution in [-0.2, 0) is 15.3 Å². The molecule has 1 rings (SSSR count). The minimum Gasteiger partial charge on any atom is -0.468 e. The van der Waals surface area contributed by atoms with Gasteiger partial charge in [-0.3, -0.25) is 4.79 Å². The van der Waals surface area contributed by atoms with Gasteiger partial charge in [0, 0.05) is 11.5 Å². The molecule has 0 radical (unpaired) electrons. The molecule has 0 heterocycles. The number of carbonyl (C=O) groups excluding carboxylic acids is 1. The Kier molecular flexibility index (Phi) is 5.51. The molecular weight excluding hydrogens is 234 g/mol. The van der Waals surface area contributed by atoms with Crippen LogP contribution in [0.1, 0.15) is 16.7 Å². The second kappa shape index (κ2) is 6.67. The van der Waals surface area contributed by atoms with Crippen LogP contribution >= 0.6 is 11.8 Å². The fraction of sp³-hybridized carbons (Fsp3) is 0.462. The number of hydrogen-bond donors (Lipinski definition) is 1. The van der Waals surface area contributed by atoms with Gasteiger partial charge in [-0.2, -0.15) is 11.8 Å². The highest BCUT2D eigenvalue weighted by atomic mass is 32.2. The van der Waals surface area contributed by atoms with E-state index in [1.807, 2.05) is 0 Å². The summed E-state index contributed by atoms with van der Waals surface area (Å²) in [5.41, 5.74) is 9.49. The first-order valence-corrected chi connectivity index (χ1v) is 6.67. The van der Waals surface area contributed by atoms with Gasteiger partial charge in [0.15, 0.2) is 0 Å². The molecule has 2 N–H and O–H groups in total. The summed E-state index contributed by atoms with van der Waals surface area (Å²) < 4.78 is 4.58. The zero-order valence-electron chi connectivity index (χ0n) is 10.5. The maximum atomic E-state index is 11.1. The van der Waals surface area contributed by atoms with Crippen LogP contribution in [0.3, 0.4) is 0 Å². The highest BCUT2D eigenvalue weighted by molar-refractivity contribution is 7.98. The van der Waals surface area contributed by atoms with E-state index in [1.165, 1.54) is 23.8 Å². The number of methoxy groups -OCH3 is 1. The van der Waals surface area contributed by atoms with Crippen molar-refractivity contribution in [2.24, 2.45) is 5.73 Å². The largest absolute Gasteiger partial charge is 0.468 e. The first-order chi connectivity index (χ1) is 8.04. The SMILES string of the molecule is COC(=O)C(N)CSCc1cc(C)ccc1C. The van der Waals surface area contributed by atoms with E-state index in [1.54, 1.807) is 11.8 Å². The average molecular weight is 253 g/mol. The van der Waals surface area contributed by atoms with Crippen molar-refractivity contribution in [3.05, 3.63) is 34.9 Å². The van der Waals surface area contributed by atoms with Crippen molar-refractivity contribution < 1.29 is 9.53 Å². The van der Waals surface area contributed by atoms with E-state index in [0.29, 0.717) is 5.75 Å². The molecule has 1 unspecified atom stereocenters. The van der Waals surface area contributed by atoms with Crippen LogP contribution in [0.2, 0.25) is 0 Å². The number of aryl methyl sites for hydroxylation is 2. The van der Waals surface area contributed by atoms with E-state index in [9.17, 15) is 4.79 Å². The van der Waals surface area contributed by atoms with Crippen molar-refractivity contribution in [2.75, 3.05) is 12.9 Å². The molecule has 0 bridgehead atoms. The lowest BCUT2D eigenvalue weighted by molar-refractivity contribution is -0.141. The Labute approximate surface area is 107 Å². The van der Waals surface area contributed by atoms with Crippen LogP contribution < -0.4 is 5.73 Å². The summed E-state index contributed by atoms with van der Waals surface area (Å²) in [4.78, 5) is 11.1. The standard InChI is InChI=1S/C13H19NO2S/c1-9-4-5-10(2)11(6-9)7-17-8-12(14)13(15)16-3/h4-6,12H,7-8,14H2,1-3H3. The number of ether oxygens (including phenoxy) is 1. The molecule has 0 aliphatic rings. The Hall–Kier alpha value is -1.00. The second-order valence-corrected chi connectivity index (χ2v) is 5.10. The van der Waals surface area contributed by atoms with E-state index in [4.69, 9.17) is 5.73 Å². The molecule has 0 aliphatic heterocycles. The summed E-state index contributed by atoms with van der Waals surface area (Å²) in [6.45, 7) is 4.17. The van der Waals surface area contributed by atoms with Crippen LogP contribution in [0.15, 0.2) is 18.2 Å². The van der Waals surface area contributed by atoms with Crippen LogP contribution in [0.5, 0.6) is 0 Å². The third-order valence-electron chi connectivity index (χ3n) is 2.56. The minimum absolute atomic E-state index is 0.349. The summed E-state index contributed by atoms with van der Waals surface area (Å²) in [5.74, 6) is 1.11. The lowest BCUT2D eigenvalue weighted by Gasteiger charge is -2.10. The minimum atomic E-state index is -0.532. The van der Waals surface area contributed by atoms with Crippen molar-refractivity contribution >= 4 is 17.7 Å². The number of rotatable bonds is 5. The normalized spacial score (nSPS) is 12.2. The summed E-state index contributed by atoms with van der Waals surface area (Å²) in [6.07, 6.45) is 0. The first kappa shape index (κ1) is 14.1. The monoisotopic (exact) mass is 253 g/mol. The zero-order valence-corrected chi connectivity index (χ0v) is 11.3. The second-order valence-electron chi connectivity index (χ2n) is 4.07. The molecule has 0 fully saturated rings. The highest BCUT2D eigenvalue weighted by Crippen LogP contribution is 2.18. The lowest BCUT2D eigenvalue weighted by atomic mass is 10.1. The predicted molar refractivity (Wildman–Crippen MR) is 72.1 cm³/mol. The number of thioether (sulfide) groups is 1. The van der Waals surface area contributed by atoms with Gasteiger partial charge in [0.2, 0.25) is 0 Å². The molecule has 17 heavy (non-hydrogen) atoms. The van der Waals surface area contributed by atoms with Crippen LogP contribution in [0, 0.1) is 13.8 Å². The van der Waals surface area contributed by atoms with Gasteiger partial charge in [0.05, 0.1) is 7.11 Å². The topological polar surface area (TPSA) is 52.3 Å². The molecule has 1 aromatic carbocycles. The first-order valence-electron chi connectivity index (χ1n) is 5.52. The molecule has 3 nitrogen and oxygen atoms in total. The van der Waals surface area contributed by atoms with Crippen molar-refractivity contribution in [2.45, 2.75) is 25.6 Å². The van der Waals surface area contributed by atoms with Crippen LogP contribution in [0.25, 0.3) is 0 Å². The van der Waals surface area contributed by atoms with Gasteiger partial charge in [0.25, 0.3) is 0 Å². The molecule has 1 aromatic rings. The summed E-state index contributed by atoms with van der Waals surface area (Å²) in [7, 11) is 1.36. The summed E-state index contributed by atoms with van der Waals surface area (Å²) >= 11 is 1.66. The molecule has 0 saturated heterocycles. The summed E-state index contributed by atoms with van der Waals surface area (Å²) in [6, 6.07) is 5.86. The van der Waals surface area contributed by atoms with Gasteiger partial charge < -0.3 is 10.5 Å².